The van der Waals surface area contributed by atoms with Crippen molar-refractivity contribution in [2.45, 2.75) is 38.1 Å². The van der Waals surface area contributed by atoms with E-state index < -0.39 is 0 Å². The Morgan fingerprint density at radius 2 is 1.93 bits per heavy atom. The van der Waals surface area contributed by atoms with Gasteiger partial charge in [-0.25, -0.2) is 0 Å². The predicted molar refractivity (Wildman–Crippen MR) is 108 cm³/mol. The van der Waals surface area contributed by atoms with Crippen LogP contribution in [0.2, 0.25) is 0 Å². The molecule has 27 heavy (non-hydrogen) atoms. The molecule has 0 spiro atoms. The van der Waals surface area contributed by atoms with E-state index in [0.717, 1.165) is 50.9 Å². The summed E-state index contributed by atoms with van der Waals surface area (Å²) in [6, 6.07) is 7.49. The molecule has 1 aliphatic heterocycles. The lowest BCUT2D eigenvalue weighted by atomic mass is 9.95. The van der Waals surface area contributed by atoms with Crippen LogP contribution in [0.3, 0.4) is 0 Å². The van der Waals surface area contributed by atoms with Gasteiger partial charge in [-0.2, -0.15) is 0 Å². The maximum atomic E-state index is 12.8. The highest BCUT2D eigenvalue weighted by Crippen LogP contribution is 2.31. The minimum atomic E-state index is 0.00531. The molecule has 0 bridgehead atoms. The lowest BCUT2D eigenvalue weighted by molar-refractivity contribution is -0.120. The Balaban J connectivity index is 1.59. The summed E-state index contributed by atoms with van der Waals surface area (Å²) in [4.78, 5) is 29.4. The Kier molecular flexibility index (Phi) is 6.50. The third kappa shape index (κ3) is 4.68. The molecular formula is C21H32N4O2. The monoisotopic (exact) mass is 372 g/mol. The lowest BCUT2D eigenvalue weighted by Crippen LogP contribution is -2.47. The minimum absolute atomic E-state index is 0.00531. The van der Waals surface area contributed by atoms with E-state index in [9.17, 15) is 9.59 Å². The van der Waals surface area contributed by atoms with E-state index in [0.29, 0.717) is 12.1 Å². The van der Waals surface area contributed by atoms with E-state index in [1.807, 2.05) is 24.1 Å². The Labute approximate surface area is 162 Å². The third-order valence-corrected chi connectivity index (χ3v) is 6.17. The molecule has 1 aromatic carbocycles. The summed E-state index contributed by atoms with van der Waals surface area (Å²) >= 11 is 0. The predicted octanol–water partition coefficient (Wildman–Crippen LogP) is 2.17. The molecule has 3 rings (SSSR count). The topological polar surface area (TPSA) is 78.7 Å². The number of rotatable bonds is 5. The maximum absolute atomic E-state index is 12.8. The first-order valence-corrected chi connectivity index (χ1v) is 10.1. The molecule has 2 fully saturated rings. The summed E-state index contributed by atoms with van der Waals surface area (Å²) in [5, 5.41) is 2.99. The van der Waals surface area contributed by atoms with Crippen LogP contribution in [0.15, 0.2) is 24.3 Å². The second kappa shape index (κ2) is 8.85. The average Bonchev–Trinajstić information content (AvgIpc) is 3.16. The molecule has 2 aliphatic rings. The zero-order chi connectivity index (χ0) is 19.4. The van der Waals surface area contributed by atoms with Crippen molar-refractivity contribution < 1.29 is 9.59 Å². The fourth-order valence-electron chi connectivity index (χ4n) is 4.42. The summed E-state index contributed by atoms with van der Waals surface area (Å²) in [5.74, 6) is 0.371. The molecule has 1 aliphatic carbocycles. The zero-order valence-electron chi connectivity index (χ0n) is 16.5. The molecule has 1 heterocycles. The van der Waals surface area contributed by atoms with Crippen LogP contribution in [0.1, 0.15) is 42.5 Å². The number of carbonyl (C=O) groups is 2. The normalized spacial score (nSPS) is 26.0. The molecule has 1 saturated carbocycles. The van der Waals surface area contributed by atoms with Gasteiger partial charge in [-0.3, -0.25) is 9.59 Å². The number of nitrogens with zero attached hydrogens (tertiary/aromatic N) is 2. The summed E-state index contributed by atoms with van der Waals surface area (Å²) in [6.45, 7) is 2.58. The molecule has 1 aromatic rings. The van der Waals surface area contributed by atoms with Crippen LogP contribution in [0.25, 0.3) is 0 Å². The standard InChI is InChI=1S/C21H32N4O2/c1-24-12-4-6-18(14-24)25(2)21(27)15-8-10-17(11-9-15)23-20(26)19-7-3-5-16(19)13-22/h8-11,16,18-19H,3-7,12-14,22H2,1-2H3,(H,23,26)/t16-,18?,19-/m1/s1. The van der Waals surface area contributed by atoms with Crippen molar-refractivity contribution in [3.63, 3.8) is 0 Å². The van der Waals surface area contributed by atoms with Crippen LogP contribution in [-0.4, -0.2) is 61.4 Å². The number of nitrogens with one attached hydrogen (secondary N) is 1. The van der Waals surface area contributed by atoms with Gasteiger partial charge >= 0.3 is 0 Å². The van der Waals surface area contributed by atoms with Crippen molar-refractivity contribution in [3.05, 3.63) is 29.8 Å². The maximum Gasteiger partial charge on any atom is 0.253 e. The van der Waals surface area contributed by atoms with Crippen molar-refractivity contribution in [1.82, 2.24) is 9.80 Å². The van der Waals surface area contributed by atoms with E-state index in [1.165, 1.54) is 0 Å². The highest BCUT2D eigenvalue weighted by atomic mass is 16.2. The van der Waals surface area contributed by atoms with Crippen molar-refractivity contribution >= 4 is 17.5 Å². The van der Waals surface area contributed by atoms with Gasteiger partial charge in [-0.15, -0.1) is 0 Å². The van der Waals surface area contributed by atoms with Gasteiger partial charge in [0.1, 0.15) is 0 Å². The summed E-state index contributed by atoms with van der Waals surface area (Å²) in [7, 11) is 3.98. The minimum Gasteiger partial charge on any atom is -0.337 e. The molecule has 6 nitrogen and oxygen atoms in total. The van der Waals surface area contributed by atoms with Crippen molar-refractivity contribution in [3.8, 4) is 0 Å². The zero-order valence-corrected chi connectivity index (χ0v) is 16.5. The van der Waals surface area contributed by atoms with Crippen LogP contribution in [0.4, 0.5) is 5.69 Å². The molecule has 0 radical (unpaired) electrons. The van der Waals surface area contributed by atoms with E-state index in [-0.39, 0.29) is 29.7 Å². The van der Waals surface area contributed by atoms with Gasteiger partial charge in [-0.1, -0.05) is 6.42 Å². The van der Waals surface area contributed by atoms with Gasteiger partial charge in [0.25, 0.3) is 5.91 Å². The second-order valence-electron chi connectivity index (χ2n) is 8.07. The lowest BCUT2D eigenvalue weighted by Gasteiger charge is -2.35. The van der Waals surface area contributed by atoms with Crippen LogP contribution in [-0.2, 0) is 4.79 Å². The quantitative estimate of drug-likeness (QED) is 0.830. The number of likely N-dealkylation sites (tertiary alicyclic amines) is 1. The van der Waals surface area contributed by atoms with E-state index in [4.69, 9.17) is 5.73 Å². The summed E-state index contributed by atoms with van der Waals surface area (Å²) in [5.41, 5.74) is 7.17. The first-order chi connectivity index (χ1) is 13.0. The Bertz CT molecular complexity index is 661. The van der Waals surface area contributed by atoms with Crippen molar-refractivity contribution in [2.75, 3.05) is 39.0 Å². The number of amides is 2. The van der Waals surface area contributed by atoms with E-state index >= 15 is 0 Å². The Morgan fingerprint density at radius 1 is 1.19 bits per heavy atom. The number of anilines is 1. The molecule has 1 saturated heterocycles. The van der Waals surface area contributed by atoms with Crippen LogP contribution in [0.5, 0.6) is 0 Å². The number of benzene rings is 1. The molecule has 1 unspecified atom stereocenters. The smallest absolute Gasteiger partial charge is 0.253 e. The van der Waals surface area contributed by atoms with Crippen LogP contribution in [0, 0.1) is 11.8 Å². The molecule has 6 heteroatoms. The van der Waals surface area contributed by atoms with Gasteiger partial charge in [0.05, 0.1) is 0 Å². The van der Waals surface area contributed by atoms with Gasteiger partial charge in [-0.05, 0) is 76.0 Å². The number of hydrogen-bond donors (Lipinski definition) is 2. The molecule has 0 aromatic heterocycles. The van der Waals surface area contributed by atoms with E-state index in [1.54, 1.807) is 12.1 Å². The molecular weight excluding hydrogens is 340 g/mol. The fraction of sp³-hybridized carbons (Fsp3) is 0.619. The van der Waals surface area contributed by atoms with Gasteiger partial charge in [0, 0.05) is 36.8 Å². The highest BCUT2D eigenvalue weighted by Gasteiger charge is 2.32. The third-order valence-electron chi connectivity index (χ3n) is 6.17. The van der Waals surface area contributed by atoms with Gasteiger partial charge in [0.2, 0.25) is 5.91 Å². The average molecular weight is 373 g/mol. The van der Waals surface area contributed by atoms with E-state index in [2.05, 4.69) is 17.3 Å². The molecule has 3 atom stereocenters. The number of piperidine rings is 1. The van der Waals surface area contributed by atoms with Crippen LogP contribution >= 0.6 is 0 Å². The van der Waals surface area contributed by atoms with Crippen molar-refractivity contribution in [1.29, 1.82) is 0 Å². The Morgan fingerprint density at radius 3 is 2.59 bits per heavy atom. The fourth-order valence-corrected chi connectivity index (χ4v) is 4.42. The largest absolute Gasteiger partial charge is 0.337 e. The van der Waals surface area contributed by atoms with Crippen LogP contribution < -0.4 is 11.1 Å². The SMILES string of the molecule is CN1CCCC(N(C)C(=O)c2ccc(NC(=O)[C@@H]3CCC[C@@H]3CN)cc2)C1. The second-order valence-corrected chi connectivity index (χ2v) is 8.07. The number of likely N-dealkylation sites (N-methyl/N-ethyl adjacent to an activating group) is 2. The first kappa shape index (κ1) is 19.8. The number of carbonyl (C=O) groups excluding carboxylic acids is 2. The molecule has 3 N–H and O–H groups in total. The summed E-state index contributed by atoms with van der Waals surface area (Å²) < 4.78 is 0. The van der Waals surface area contributed by atoms with Crippen molar-refractivity contribution in [2.24, 2.45) is 17.6 Å². The molecule has 2 amide bonds. The summed E-state index contributed by atoms with van der Waals surface area (Å²) in [6.07, 6.45) is 5.17. The highest BCUT2D eigenvalue weighted by molar-refractivity contribution is 5.96. The Hall–Kier alpha value is -1.92. The van der Waals surface area contributed by atoms with Gasteiger partial charge in [0.15, 0.2) is 0 Å². The number of nitrogens with two attached hydrogens (primary N) is 1. The first-order valence-electron chi connectivity index (χ1n) is 10.1. The molecule has 148 valence electrons. The van der Waals surface area contributed by atoms with Gasteiger partial charge < -0.3 is 20.9 Å². The number of hydrogen-bond acceptors (Lipinski definition) is 4.